The molecule has 7 nitrogen and oxygen atoms in total. The van der Waals surface area contributed by atoms with Crippen molar-refractivity contribution in [3.05, 3.63) is 59.1 Å². The predicted molar refractivity (Wildman–Crippen MR) is 105 cm³/mol. The predicted octanol–water partition coefficient (Wildman–Crippen LogP) is 2.30. The zero-order chi connectivity index (χ0) is 19.7. The number of hydrogen-bond donors (Lipinski definition) is 3. The lowest BCUT2D eigenvalue weighted by Crippen LogP contribution is -2.41. The molecule has 0 aliphatic rings. The van der Waals surface area contributed by atoms with E-state index in [9.17, 15) is 13.2 Å². The first-order valence-corrected chi connectivity index (χ1v) is 10.2. The maximum absolute atomic E-state index is 12.1. The lowest BCUT2D eigenvalue weighted by molar-refractivity contribution is 0.236. The number of nitrogens with one attached hydrogen (secondary N) is 3. The number of amides is 2. The summed E-state index contributed by atoms with van der Waals surface area (Å²) in [5, 5.41) is 5.82. The molecule has 146 valence electrons. The Kier molecular flexibility index (Phi) is 7.90. The van der Waals surface area contributed by atoms with Crippen LogP contribution in [-0.2, 0) is 10.0 Å². The number of ether oxygens (including phenoxy) is 1. The Balaban J connectivity index is 1.60. The van der Waals surface area contributed by atoms with Crippen molar-refractivity contribution in [2.45, 2.75) is 11.8 Å². The number of carbonyl (C=O) groups is 1. The van der Waals surface area contributed by atoms with Gasteiger partial charge in [-0.3, -0.25) is 0 Å². The summed E-state index contributed by atoms with van der Waals surface area (Å²) in [7, 11) is -3.58. The Morgan fingerprint density at radius 1 is 0.963 bits per heavy atom. The number of hydrogen-bond acceptors (Lipinski definition) is 4. The molecule has 0 saturated heterocycles. The molecule has 0 aliphatic carbocycles. The van der Waals surface area contributed by atoms with E-state index in [1.165, 1.54) is 0 Å². The van der Waals surface area contributed by atoms with Crippen LogP contribution in [0.1, 0.15) is 5.56 Å². The van der Waals surface area contributed by atoms with Crippen molar-refractivity contribution >= 4 is 27.7 Å². The topological polar surface area (TPSA) is 96.5 Å². The van der Waals surface area contributed by atoms with Gasteiger partial charge in [0.25, 0.3) is 0 Å². The Hall–Kier alpha value is -2.29. The summed E-state index contributed by atoms with van der Waals surface area (Å²) in [5.41, 5.74) is 0.979. The van der Waals surface area contributed by atoms with Crippen molar-refractivity contribution in [2.24, 2.45) is 0 Å². The molecule has 2 aromatic rings. The SMILES string of the molecule is Cc1ccc(S(=O)(=O)NCCNC(=O)NCCOc2ccc(Cl)cc2)cc1. The Bertz CT molecular complexity index is 840. The molecule has 0 atom stereocenters. The normalized spacial score (nSPS) is 11.0. The standard InChI is InChI=1S/C18H22ClN3O4S/c1-14-2-8-17(9-3-14)27(24,25)22-11-10-20-18(23)21-12-13-26-16-6-4-15(19)5-7-16/h2-9,22H,10-13H2,1H3,(H2,20,21,23). The van der Waals surface area contributed by atoms with Gasteiger partial charge in [-0.1, -0.05) is 29.3 Å². The molecule has 0 saturated carbocycles. The summed E-state index contributed by atoms with van der Waals surface area (Å²) in [6, 6.07) is 13.0. The average Bonchev–Trinajstić information content (AvgIpc) is 2.64. The molecular weight excluding hydrogens is 390 g/mol. The summed E-state index contributed by atoms with van der Waals surface area (Å²) >= 11 is 5.78. The average molecular weight is 412 g/mol. The minimum atomic E-state index is -3.58. The highest BCUT2D eigenvalue weighted by atomic mass is 35.5. The van der Waals surface area contributed by atoms with Crippen molar-refractivity contribution in [3.8, 4) is 5.75 Å². The first kappa shape index (κ1) is 21.0. The lowest BCUT2D eigenvalue weighted by atomic mass is 10.2. The number of carbonyl (C=O) groups excluding carboxylic acids is 1. The second-order valence-electron chi connectivity index (χ2n) is 5.70. The second kappa shape index (κ2) is 10.1. The van der Waals surface area contributed by atoms with Crippen molar-refractivity contribution in [1.29, 1.82) is 0 Å². The third-order valence-corrected chi connectivity index (χ3v) is 5.23. The van der Waals surface area contributed by atoms with Gasteiger partial charge in [-0.15, -0.1) is 0 Å². The first-order chi connectivity index (χ1) is 12.9. The third-order valence-electron chi connectivity index (χ3n) is 3.50. The Labute approximate surface area is 164 Å². The number of rotatable bonds is 9. The summed E-state index contributed by atoms with van der Waals surface area (Å²) in [5.74, 6) is 0.659. The fourth-order valence-electron chi connectivity index (χ4n) is 2.09. The van der Waals surface area contributed by atoms with Crippen LogP contribution in [0.2, 0.25) is 5.02 Å². The number of sulfonamides is 1. The van der Waals surface area contributed by atoms with E-state index in [1.807, 2.05) is 6.92 Å². The Morgan fingerprint density at radius 3 is 2.26 bits per heavy atom. The largest absolute Gasteiger partial charge is 0.492 e. The highest BCUT2D eigenvalue weighted by Gasteiger charge is 2.12. The zero-order valence-electron chi connectivity index (χ0n) is 14.9. The van der Waals surface area contributed by atoms with E-state index in [0.717, 1.165) is 5.56 Å². The van der Waals surface area contributed by atoms with Crippen LogP contribution in [0.15, 0.2) is 53.4 Å². The van der Waals surface area contributed by atoms with Crippen LogP contribution in [0.5, 0.6) is 5.75 Å². The van der Waals surface area contributed by atoms with Crippen LogP contribution in [0.4, 0.5) is 4.79 Å². The van der Waals surface area contributed by atoms with E-state index in [4.69, 9.17) is 16.3 Å². The maximum atomic E-state index is 12.1. The second-order valence-corrected chi connectivity index (χ2v) is 7.90. The van der Waals surface area contributed by atoms with Gasteiger partial charge in [-0.2, -0.15) is 0 Å². The van der Waals surface area contributed by atoms with E-state index in [2.05, 4.69) is 15.4 Å². The molecule has 2 aromatic carbocycles. The summed E-state index contributed by atoms with van der Waals surface area (Å²) in [6.07, 6.45) is 0. The monoisotopic (exact) mass is 411 g/mol. The number of aryl methyl sites for hydroxylation is 1. The molecule has 0 fully saturated rings. The van der Waals surface area contributed by atoms with Gasteiger partial charge in [0.15, 0.2) is 0 Å². The summed E-state index contributed by atoms with van der Waals surface area (Å²) < 4.78 is 32.1. The van der Waals surface area contributed by atoms with Crippen molar-refractivity contribution in [1.82, 2.24) is 15.4 Å². The van der Waals surface area contributed by atoms with Gasteiger partial charge >= 0.3 is 6.03 Å². The Morgan fingerprint density at radius 2 is 1.59 bits per heavy atom. The van der Waals surface area contributed by atoms with Gasteiger partial charge in [-0.05, 0) is 43.3 Å². The van der Waals surface area contributed by atoms with Gasteiger partial charge in [0.1, 0.15) is 12.4 Å². The molecule has 0 spiro atoms. The van der Waals surface area contributed by atoms with Crippen LogP contribution in [0.25, 0.3) is 0 Å². The van der Waals surface area contributed by atoms with Gasteiger partial charge in [0.2, 0.25) is 10.0 Å². The van der Waals surface area contributed by atoms with Gasteiger partial charge in [0.05, 0.1) is 11.4 Å². The highest BCUT2D eigenvalue weighted by molar-refractivity contribution is 7.89. The molecule has 0 unspecified atom stereocenters. The van der Waals surface area contributed by atoms with Gasteiger partial charge in [-0.25, -0.2) is 17.9 Å². The van der Waals surface area contributed by atoms with E-state index < -0.39 is 16.1 Å². The summed E-state index contributed by atoms with van der Waals surface area (Å²) in [6.45, 7) is 2.74. The van der Waals surface area contributed by atoms with Crippen LogP contribution in [0, 0.1) is 6.92 Å². The number of halogens is 1. The first-order valence-electron chi connectivity index (χ1n) is 8.33. The molecule has 0 bridgehead atoms. The molecule has 9 heteroatoms. The minimum absolute atomic E-state index is 0.0882. The van der Waals surface area contributed by atoms with E-state index in [1.54, 1.807) is 48.5 Å². The van der Waals surface area contributed by atoms with Crippen LogP contribution in [0.3, 0.4) is 0 Å². The molecule has 2 amide bonds. The van der Waals surface area contributed by atoms with E-state index in [-0.39, 0.29) is 18.0 Å². The molecule has 0 radical (unpaired) electrons. The fraction of sp³-hybridized carbons (Fsp3) is 0.278. The maximum Gasteiger partial charge on any atom is 0.314 e. The molecule has 2 rings (SSSR count). The molecule has 0 heterocycles. The van der Waals surface area contributed by atoms with Crippen molar-refractivity contribution < 1.29 is 17.9 Å². The minimum Gasteiger partial charge on any atom is -0.492 e. The van der Waals surface area contributed by atoms with Gasteiger partial charge < -0.3 is 15.4 Å². The third kappa shape index (κ3) is 7.46. The molecule has 0 aliphatic heterocycles. The smallest absolute Gasteiger partial charge is 0.314 e. The molecule has 27 heavy (non-hydrogen) atoms. The molecule has 0 aromatic heterocycles. The van der Waals surface area contributed by atoms with Crippen LogP contribution in [-0.4, -0.2) is 40.7 Å². The van der Waals surface area contributed by atoms with Crippen molar-refractivity contribution in [2.75, 3.05) is 26.2 Å². The molecular formula is C18H22ClN3O4S. The van der Waals surface area contributed by atoms with Crippen molar-refractivity contribution in [3.63, 3.8) is 0 Å². The summed E-state index contributed by atoms with van der Waals surface area (Å²) in [4.78, 5) is 11.9. The van der Waals surface area contributed by atoms with Gasteiger partial charge in [0, 0.05) is 18.1 Å². The molecule has 3 N–H and O–H groups in total. The van der Waals surface area contributed by atoms with Crippen LogP contribution >= 0.6 is 11.6 Å². The fourth-order valence-corrected chi connectivity index (χ4v) is 3.25. The quantitative estimate of drug-likeness (QED) is 0.551. The lowest BCUT2D eigenvalue weighted by Gasteiger charge is -2.10. The van der Waals surface area contributed by atoms with E-state index in [0.29, 0.717) is 23.9 Å². The van der Waals surface area contributed by atoms with Crippen LogP contribution < -0.4 is 20.1 Å². The highest BCUT2D eigenvalue weighted by Crippen LogP contribution is 2.15. The number of benzene rings is 2. The zero-order valence-corrected chi connectivity index (χ0v) is 16.4. The van der Waals surface area contributed by atoms with E-state index >= 15 is 0 Å². The number of urea groups is 1.